The molecule has 0 radical (unpaired) electrons. The average molecular weight is 427 g/mol. The topological polar surface area (TPSA) is 104 Å². The summed E-state index contributed by atoms with van der Waals surface area (Å²) in [5, 5.41) is 10.9. The van der Waals surface area contributed by atoms with Gasteiger partial charge >= 0.3 is 5.97 Å². The molecular weight excluding hydrogens is 406 g/mol. The van der Waals surface area contributed by atoms with Gasteiger partial charge in [0.25, 0.3) is 5.22 Å². The van der Waals surface area contributed by atoms with Crippen LogP contribution in [0.25, 0.3) is 11.5 Å². The zero-order chi connectivity index (χ0) is 21.5. The number of benzene rings is 2. The molecule has 0 aliphatic heterocycles. The van der Waals surface area contributed by atoms with Gasteiger partial charge in [-0.25, -0.2) is 4.79 Å². The van der Waals surface area contributed by atoms with Gasteiger partial charge in [0.15, 0.2) is 0 Å². The van der Waals surface area contributed by atoms with E-state index in [9.17, 15) is 9.59 Å². The highest BCUT2D eigenvalue weighted by Gasteiger charge is 2.17. The van der Waals surface area contributed by atoms with Crippen molar-refractivity contribution in [2.24, 2.45) is 0 Å². The number of para-hydroxylation sites is 1. The van der Waals surface area contributed by atoms with Gasteiger partial charge in [-0.2, -0.15) is 0 Å². The Kier molecular flexibility index (Phi) is 7.08. The van der Waals surface area contributed by atoms with Crippen LogP contribution < -0.4 is 10.1 Å². The highest BCUT2D eigenvalue weighted by atomic mass is 32.2. The Balaban J connectivity index is 1.61. The van der Waals surface area contributed by atoms with Gasteiger partial charge in [0.1, 0.15) is 5.75 Å². The molecule has 0 unspecified atom stereocenters. The summed E-state index contributed by atoms with van der Waals surface area (Å²) in [4.78, 5) is 24.6. The van der Waals surface area contributed by atoms with Crippen LogP contribution in [-0.4, -0.2) is 41.0 Å². The van der Waals surface area contributed by atoms with Crippen LogP contribution in [0, 0.1) is 0 Å². The number of aromatic nitrogens is 2. The van der Waals surface area contributed by atoms with Crippen molar-refractivity contribution in [2.45, 2.75) is 25.2 Å². The molecule has 8 nitrogen and oxygen atoms in total. The average Bonchev–Trinajstić information content (AvgIpc) is 3.21. The standard InChI is InChI=1S/C21H21N3O5S/c1-13(2)28-20(26)16-9-4-5-10-17(16)22-18(25)12-30-21-24-23-19(29-21)14-7-6-8-15(11-14)27-3/h4-11,13H,12H2,1-3H3,(H,22,25). The summed E-state index contributed by atoms with van der Waals surface area (Å²) in [5.74, 6) is 0.236. The number of hydrogen-bond acceptors (Lipinski definition) is 8. The van der Waals surface area contributed by atoms with Crippen LogP contribution in [0.5, 0.6) is 5.75 Å². The highest BCUT2D eigenvalue weighted by molar-refractivity contribution is 7.99. The molecule has 2 aromatic carbocycles. The summed E-state index contributed by atoms with van der Waals surface area (Å²) < 4.78 is 16.0. The summed E-state index contributed by atoms with van der Waals surface area (Å²) in [5.41, 5.74) is 1.40. The van der Waals surface area contributed by atoms with Gasteiger partial charge in [-0.3, -0.25) is 4.79 Å². The fraction of sp³-hybridized carbons (Fsp3) is 0.238. The Morgan fingerprint density at radius 3 is 2.70 bits per heavy atom. The van der Waals surface area contributed by atoms with Crippen molar-refractivity contribution >= 4 is 29.3 Å². The number of ether oxygens (including phenoxy) is 2. The molecule has 0 saturated carbocycles. The molecule has 156 valence electrons. The first-order valence-electron chi connectivity index (χ1n) is 9.17. The maximum atomic E-state index is 12.4. The second-order valence-corrected chi connectivity index (χ2v) is 7.37. The monoisotopic (exact) mass is 427 g/mol. The number of hydrogen-bond donors (Lipinski definition) is 1. The lowest BCUT2D eigenvalue weighted by atomic mass is 10.2. The van der Waals surface area contributed by atoms with E-state index in [1.807, 2.05) is 18.2 Å². The molecule has 30 heavy (non-hydrogen) atoms. The van der Waals surface area contributed by atoms with E-state index in [4.69, 9.17) is 13.9 Å². The van der Waals surface area contributed by atoms with Crippen LogP contribution in [0.3, 0.4) is 0 Å². The van der Waals surface area contributed by atoms with E-state index < -0.39 is 5.97 Å². The molecular formula is C21H21N3O5S. The number of carbonyl (C=O) groups is 2. The summed E-state index contributed by atoms with van der Waals surface area (Å²) in [6, 6.07) is 13.9. The minimum atomic E-state index is -0.492. The number of nitrogens with zero attached hydrogens (tertiary/aromatic N) is 2. The number of rotatable bonds is 8. The summed E-state index contributed by atoms with van der Waals surface area (Å²) in [7, 11) is 1.58. The number of carbonyl (C=O) groups excluding carboxylic acids is 2. The molecule has 0 atom stereocenters. The van der Waals surface area contributed by atoms with Gasteiger partial charge in [-0.05, 0) is 44.2 Å². The number of methoxy groups -OCH3 is 1. The second-order valence-electron chi connectivity index (χ2n) is 6.44. The molecule has 0 fully saturated rings. The molecule has 1 aromatic heterocycles. The van der Waals surface area contributed by atoms with E-state index in [0.717, 1.165) is 17.3 Å². The fourth-order valence-electron chi connectivity index (χ4n) is 2.50. The van der Waals surface area contributed by atoms with Crippen LogP contribution in [0.4, 0.5) is 5.69 Å². The fourth-order valence-corrected chi connectivity index (χ4v) is 3.07. The molecule has 9 heteroatoms. The van der Waals surface area contributed by atoms with Crippen molar-refractivity contribution in [3.63, 3.8) is 0 Å². The van der Waals surface area contributed by atoms with Crippen molar-refractivity contribution in [1.82, 2.24) is 10.2 Å². The van der Waals surface area contributed by atoms with Crippen LogP contribution in [0.15, 0.2) is 58.2 Å². The van der Waals surface area contributed by atoms with Crippen LogP contribution in [0.2, 0.25) is 0 Å². The molecule has 1 heterocycles. The highest BCUT2D eigenvalue weighted by Crippen LogP contribution is 2.26. The van der Waals surface area contributed by atoms with Crippen molar-refractivity contribution in [3.05, 3.63) is 54.1 Å². The van der Waals surface area contributed by atoms with Crippen molar-refractivity contribution in [3.8, 4) is 17.2 Å². The molecule has 1 N–H and O–H groups in total. The third-order valence-electron chi connectivity index (χ3n) is 3.81. The third kappa shape index (κ3) is 5.60. The number of amides is 1. The van der Waals surface area contributed by atoms with Gasteiger partial charge in [0, 0.05) is 5.56 Å². The quantitative estimate of drug-likeness (QED) is 0.424. The van der Waals surface area contributed by atoms with E-state index in [1.54, 1.807) is 51.3 Å². The molecule has 0 aliphatic rings. The number of nitrogens with one attached hydrogen (secondary N) is 1. The maximum absolute atomic E-state index is 12.4. The maximum Gasteiger partial charge on any atom is 0.340 e. The lowest BCUT2D eigenvalue weighted by Crippen LogP contribution is -2.18. The molecule has 0 spiro atoms. The first-order valence-corrected chi connectivity index (χ1v) is 10.2. The van der Waals surface area contributed by atoms with Gasteiger partial charge in [0.2, 0.25) is 11.8 Å². The van der Waals surface area contributed by atoms with E-state index >= 15 is 0 Å². The van der Waals surface area contributed by atoms with E-state index in [2.05, 4.69) is 15.5 Å². The van der Waals surface area contributed by atoms with Crippen molar-refractivity contribution in [2.75, 3.05) is 18.2 Å². The van der Waals surface area contributed by atoms with Crippen LogP contribution in [0.1, 0.15) is 24.2 Å². The third-order valence-corrected chi connectivity index (χ3v) is 4.63. The summed E-state index contributed by atoms with van der Waals surface area (Å²) >= 11 is 1.10. The normalized spacial score (nSPS) is 10.7. The largest absolute Gasteiger partial charge is 0.497 e. The summed E-state index contributed by atoms with van der Waals surface area (Å²) in [6.45, 7) is 3.53. The van der Waals surface area contributed by atoms with Crippen molar-refractivity contribution in [1.29, 1.82) is 0 Å². The number of esters is 1. The zero-order valence-electron chi connectivity index (χ0n) is 16.7. The predicted octanol–water partition coefficient (Wildman–Crippen LogP) is 4.04. The van der Waals surface area contributed by atoms with Crippen LogP contribution >= 0.6 is 11.8 Å². The van der Waals surface area contributed by atoms with Gasteiger partial charge in [0.05, 0.1) is 30.2 Å². The van der Waals surface area contributed by atoms with Gasteiger partial charge < -0.3 is 19.2 Å². The molecule has 0 saturated heterocycles. The first kappa shape index (κ1) is 21.4. The second kappa shape index (κ2) is 9.93. The Bertz CT molecular complexity index is 1030. The van der Waals surface area contributed by atoms with E-state index in [1.165, 1.54) is 0 Å². The smallest absolute Gasteiger partial charge is 0.340 e. The first-order chi connectivity index (χ1) is 14.5. The molecule has 0 aliphatic carbocycles. The Labute approximate surface area is 178 Å². The van der Waals surface area contributed by atoms with E-state index in [0.29, 0.717) is 22.9 Å². The number of anilines is 1. The SMILES string of the molecule is COc1cccc(-c2nnc(SCC(=O)Nc3ccccc3C(=O)OC(C)C)o2)c1. The van der Waals surface area contributed by atoms with Crippen LogP contribution in [-0.2, 0) is 9.53 Å². The van der Waals surface area contributed by atoms with Gasteiger partial charge in [-0.1, -0.05) is 30.0 Å². The lowest BCUT2D eigenvalue weighted by molar-refractivity contribution is -0.113. The van der Waals surface area contributed by atoms with Crippen molar-refractivity contribution < 1.29 is 23.5 Å². The van der Waals surface area contributed by atoms with E-state index in [-0.39, 0.29) is 23.0 Å². The number of thioether (sulfide) groups is 1. The Morgan fingerprint density at radius 2 is 1.93 bits per heavy atom. The lowest BCUT2D eigenvalue weighted by Gasteiger charge is -2.12. The minimum Gasteiger partial charge on any atom is -0.497 e. The minimum absolute atomic E-state index is 0.0350. The zero-order valence-corrected chi connectivity index (χ0v) is 17.6. The molecule has 3 rings (SSSR count). The molecule has 1 amide bonds. The molecule has 0 bridgehead atoms. The van der Waals surface area contributed by atoms with Gasteiger partial charge in [-0.15, -0.1) is 10.2 Å². The molecule has 3 aromatic rings. The summed E-state index contributed by atoms with van der Waals surface area (Å²) in [6.07, 6.45) is -0.256. The Morgan fingerprint density at radius 1 is 1.13 bits per heavy atom. The Hall–Kier alpha value is -3.33. The predicted molar refractivity (Wildman–Crippen MR) is 113 cm³/mol.